The second kappa shape index (κ2) is 8.17. The number of rotatable bonds is 7. The van der Waals surface area contributed by atoms with Crippen LogP contribution in [-0.2, 0) is 22.6 Å². The van der Waals surface area contributed by atoms with Gasteiger partial charge in [-0.25, -0.2) is 0 Å². The van der Waals surface area contributed by atoms with E-state index in [1.165, 1.54) is 0 Å². The average molecular weight is 351 g/mol. The number of hydrogen-bond donors (Lipinski definition) is 1. The molecule has 3 rings (SSSR count). The van der Waals surface area contributed by atoms with Gasteiger partial charge in [0.15, 0.2) is 5.76 Å². The van der Waals surface area contributed by atoms with Gasteiger partial charge in [0.1, 0.15) is 12.4 Å². The first-order valence-corrected chi connectivity index (χ1v) is 8.24. The summed E-state index contributed by atoms with van der Waals surface area (Å²) in [5.41, 5.74) is 0.583. The Morgan fingerprint density at radius 3 is 3.12 bits per heavy atom. The highest BCUT2D eigenvalue weighted by Gasteiger charge is 2.17. The third-order valence-electron chi connectivity index (χ3n) is 3.74. The standard InChI is InChI=1S/C17H19ClN2O4/c18-13-2-1-3-15(6-13)23-11-16-7-14(20-24-16)8-17(21)19-9-12-4-5-22-10-12/h1-3,6-7,12H,4-5,8-11H2,(H,19,21). The molecule has 0 radical (unpaired) electrons. The minimum absolute atomic E-state index is 0.0718. The fourth-order valence-electron chi connectivity index (χ4n) is 2.45. The van der Waals surface area contributed by atoms with Crippen LogP contribution < -0.4 is 10.1 Å². The summed E-state index contributed by atoms with van der Waals surface area (Å²) in [5, 5.41) is 7.41. The molecule has 1 aromatic carbocycles. The summed E-state index contributed by atoms with van der Waals surface area (Å²) in [5.74, 6) is 1.55. The van der Waals surface area contributed by atoms with Crippen LogP contribution in [0.15, 0.2) is 34.9 Å². The fourth-order valence-corrected chi connectivity index (χ4v) is 2.63. The molecular formula is C17H19ClN2O4. The number of ether oxygens (including phenoxy) is 2. The van der Waals surface area contributed by atoms with Gasteiger partial charge in [-0.2, -0.15) is 0 Å². The minimum Gasteiger partial charge on any atom is -0.485 e. The maximum atomic E-state index is 11.9. The Bertz CT molecular complexity index is 683. The highest BCUT2D eigenvalue weighted by Crippen LogP contribution is 2.18. The van der Waals surface area contributed by atoms with E-state index in [1.54, 1.807) is 18.2 Å². The smallest absolute Gasteiger partial charge is 0.226 e. The fraction of sp³-hybridized carbons (Fsp3) is 0.412. The number of amides is 1. The van der Waals surface area contributed by atoms with E-state index >= 15 is 0 Å². The first kappa shape index (κ1) is 16.8. The van der Waals surface area contributed by atoms with Gasteiger partial charge in [0.05, 0.1) is 18.7 Å². The number of carbonyl (C=O) groups is 1. The van der Waals surface area contributed by atoms with Gasteiger partial charge in [-0.05, 0) is 24.6 Å². The number of nitrogens with one attached hydrogen (secondary N) is 1. The van der Waals surface area contributed by atoms with Gasteiger partial charge in [0.2, 0.25) is 5.91 Å². The highest BCUT2D eigenvalue weighted by atomic mass is 35.5. The summed E-state index contributed by atoms with van der Waals surface area (Å²) in [4.78, 5) is 11.9. The molecule has 1 unspecified atom stereocenters. The third kappa shape index (κ3) is 4.97. The van der Waals surface area contributed by atoms with E-state index in [0.717, 1.165) is 19.6 Å². The van der Waals surface area contributed by atoms with Gasteiger partial charge < -0.3 is 19.3 Å². The molecule has 1 aliphatic rings. The highest BCUT2D eigenvalue weighted by molar-refractivity contribution is 6.30. The summed E-state index contributed by atoms with van der Waals surface area (Å²) >= 11 is 5.90. The average Bonchev–Trinajstić information content (AvgIpc) is 3.23. The van der Waals surface area contributed by atoms with Crippen molar-refractivity contribution in [2.75, 3.05) is 19.8 Å². The van der Waals surface area contributed by atoms with Gasteiger partial charge in [-0.1, -0.05) is 22.8 Å². The normalized spacial score (nSPS) is 17.0. The van der Waals surface area contributed by atoms with E-state index in [2.05, 4.69) is 10.5 Å². The van der Waals surface area contributed by atoms with Gasteiger partial charge in [0.25, 0.3) is 0 Å². The topological polar surface area (TPSA) is 73.6 Å². The van der Waals surface area contributed by atoms with Crippen LogP contribution in [0.1, 0.15) is 17.9 Å². The zero-order valence-corrected chi connectivity index (χ0v) is 13.9. The van der Waals surface area contributed by atoms with E-state index < -0.39 is 0 Å². The molecule has 0 bridgehead atoms. The summed E-state index contributed by atoms with van der Waals surface area (Å²) in [6, 6.07) is 8.84. The molecule has 6 nitrogen and oxygen atoms in total. The predicted octanol–water partition coefficient (Wildman–Crippen LogP) is 2.60. The van der Waals surface area contributed by atoms with Crippen molar-refractivity contribution in [3.8, 4) is 5.75 Å². The zero-order valence-electron chi connectivity index (χ0n) is 13.2. The van der Waals surface area contributed by atoms with Crippen LogP contribution in [-0.4, -0.2) is 30.8 Å². The van der Waals surface area contributed by atoms with E-state index in [1.807, 2.05) is 12.1 Å². The number of carbonyl (C=O) groups excluding carboxylic acids is 1. The Kier molecular flexibility index (Phi) is 5.72. The number of halogens is 1. The summed E-state index contributed by atoms with van der Waals surface area (Å²) in [7, 11) is 0. The molecule has 2 heterocycles. The Hall–Kier alpha value is -2.05. The molecule has 128 valence electrons. The summed E-state index contributed by atoms with van der Waals surface area (Å²) in [6.07, 6.45) is 1.18. The van der Waals surface area contributed by atoms with E-state index in [9.17, 15) is 4.79 Å². The van der Waals surface area contributed by atoms with Crippen LogP contribution >= 0.6 is 11.6 Å². The van der Waals surface area contributed by atoms with Crippen molar-refractivity contribution in [3.63, 3.8) is 0 Å². The molecule has 1 atom stereocenters. The van der Waals surface area contributed by atoms with Gasteiger partial charge in [-0.3, -0.25) is 4.79 Å². The van der Waals surface area contributed by atoms with Crippen molar-refractivity contribution >= 4 is 17.5 Å². The van der Waals surface area contributed by atoms with E-state index in [0.29, 0.717) is 34.7 Å². The molecule has 1 amide bonds. The Balaban J connectivity index is 1.43. The van der Waals surface area contributed by atoms with Crippen LogP contribution in [0.25, 0.3) is 0 Å². The maximum absolute atomic E-state index is 11.9. The number of nitrogens with zero attached hydrogens (tertiary/aromatic N) is 1. The van der Waals surface area contributed by atoms with E-state index in [-0.39, 0.29) is 18.9 Å². The first-order valence-electron chi connectivity index (χ1n) is 7.86. The molecule has 0 saturated carbocycles. The zero-order chi connectivity index (χ0) is 16.8. The van der Waals surface area contributed by atoms with Crippen molar-refractivity contribution in [2.24, 2.45) is 5.92 Å². The second-order valence-corrected chi connectivity index (χ2v) is 6.18. The molecule has 1 N–H and O–H groups in total. The molecule has 2 aromatic rings. The van der Waals surface area contributed by atoms with Crippen LogP contribution in [0.5, 0.6) is 5.75 Å². The van der Waals surface area contributed by atoms with Crippen LogP contribution in [0.4, 0.5) is 0 Å². The van der Waals surface area contributed by atoms with Crippen molar-refractivity contribution in [1.29, 1.82) is 0 Å². The Morgan fingerprint density at radius 2 is 2.33 bits per heavy atom. The summed E-state index contributed by atoms with van der Waals surface area (Å²) in [6.45, 7) is 2.37. The molecule has 1 fully saturated rings. The van der Waals surface area contributed by atoms with Crippen LogP contribution in [0.2, 0.25) is 5.02 Å². The number of benzene rings is 1. The Morgan fingerprint density at radius 1 is 1.42 bits per heavy atom. The Labute approximate surface area is 145 Å². The van der Waals surface area contributed by atoms with Gasteiger partial charge in [-0.15, -0.1) is 0 Å². The molecule has 1 aliphatic heterocycles. The predicted molar refractivity (Wildman–Crippen MR) is 87.9 cm³/mol. The molecule has 0 spiro atoms. The lowest BCUT2D eigenvalue weighted by molar-refractivity contribution is -0.120. The van der Waals surface area contributed by atoms with Crippen molar-refractivity contribution in [1.82, 2.24) is 10.5 Å². The van der Waals surface area contributed by atoms with Crippen molar-refractivity contribution in [3.05, 3.63) is 46.8 Å². The molecule has 1 aromatic heterocycles. The van der Waals surface area contributed by atoms with E-state index in [4.69, 9.17) is 25.6 Å². The van der Waals surface area contributed by atoms with Gasteiger partial charge >= 0.3 is 0 Å². The van der Waals surface area contributed by atoms with Crippen LogP contribution in [0, 0.1) is 5.92 Å². The molecule has 0 aliphatic carbocycles. The third-order valence-corrected chi connectivity index (χ3v) is 3.97. The monoisotopic (exact) mass is 350 g/mol. The number of hydrogen-bond acceptors (Lipinski definition) is 5. The van der Waals surface area contributed by atoms with Crippen molar-refractivity contribution < 1.29 is 18.8 Å². The van der Waals surface area contributed by atoms with Gasteiger partial charge in [0, 0.05) is 30.2 Å². The number of aromatic nitrogens is 1. The maximum Gasteiger partial charge on any atom is 0.226 e. The lowest BCUT2D eigenvalue weighted by atomic mass is 10.1. The van der Waals surface area contributed by atoms with Crippen molar-refractivity contribution in [2.45, 2.75) is 19.4 Å². The van der Waals surface area contributed by atoms with Crippen LogP contribution in [0.3, 0.4) is 0 Å². The molecule has 7 heteroatoms. The largest absolute Gasteiger partial charge is 0.485 e. The quantitative estimate of drug-likeness (QED) is 0.830. The minimum atomic E-state index is -0.0718. The summed E-state index contributed by atoms with van der Waals surface area (Å²) < 4.78 is 16.0. The first-order chi connectivity index (χ1) is 11.7. The SMILES string of the molecule is O=C(Cc1cc(COc2cccc(Cl)c2)on1)NCC1CCOC1. The molecule has 1 saturated heterocycles. The lowest BCUT2D eigenvalue weighted by Crippen LogP contribution is -2.30. The second-order valence-electron chi connectivity index (χ2n) is 5.74. The molecular weight excluding hydrogens is 332 g/mol. The lowest BCUT2D eigenvalue weighted by Gasteiger charge is -2.08. The molecule has 24 heavy (non-hydrogen) atoms.